The quantitative estimate of drug-likeness (QED) is 0.577. The maximum Gasteiger partial charge on any atom is 0.224 e. The van der Waals surface area contributed by atoms with Crippen LogP contribution < -0.4 is 5.32 Å². The second-order valence-electron chi connectivity index (χ2n) is 7.59. The minimum absolute atomic E-state index is 0.0320. The maximum absolute atomic E-state index is 12.3. The van der Waals surface area contributed by atoms with Crippen LogP contribution in [0.4, 0.5) is 0 Å². The van der Waals surface area contributed by atoms with Crippen LogP contribution in [0.1, 0.15) is 29.5 Å². The second-order valence-corrected chi connectivity index (χ2v) is 8.03. The van der Waals surface area contributed by atoms with Crippen molar-refractivity contribution in [1.29, 1.82) is 0 Å². The Balaban J connectivity index is 1.45. The van der Waals surface area contributed by atoms with Crippen LogP contribution in [0.5, 0.6) is 0 Å². The first-order chi connectivity index (χ1) is 14.0. The van der Waals surface area contributed by atoms with Gasteiger partial charge in [0.2, 0.25) is 5.91 Å². The van der Waals surface area contributed by atoms with E-state index in [1.807, 2.05) is 42.6 Å². The molecule has 0 spiro atoms. The first-order valence-electron chi connectivity index (χ1n) is 9.96. The number of aliphatic hydroxyl groups is 1. The van der Waals surface area contributed by atoms with Gasteiger partial charge in [-0.25, -0.2) is 0 Å². The van der Waals surface area contributed by atoms with Crippen LogP contribution in [0.15, 0.2) is 48.7 Å². The number of ether oxygens (including phenoxy) is 1. The molecule has 1 fully saturated rings. The minimum Gasteiger partial charge on any atom is -0.385 e. The molecule has 0 aliphatic carbocycles. The summed E-state index contributed by atoms with van der Waals surface area (Å²) in [6, 6.07) is 13.3. The number of benzene rings is 2. The zero-order valence-corrected chi connectivity index (χ0v) is 17.0. The third-order valence-electron chi connectivity index (χ3n) is 5.58. The number of fused-ring (bicyclic) bond motifs is 1. The fourth-order valence-corrected chi connectivity index (χ4v) is 4.26. The summed E-state index contributed by atoms with van der Waals surface area (Å²) in [5.74, 6) is -0.0320. The van der Waals surface area contributed by atoms with Crippen molar-refractivity contribution in [1.82, 2.24) is 10.3 Å². The Kier molecular flexibility index (Phi) is 5.90. The number of aromatic nitrogens is 1. The Morgan fingerprint density at radius 2 is 2.00 bits per heavy atom. The molecule has 0 unspecified atom stereocenters. The summed E-state index contributed by atoms with van der Waals surface area (Å²) in [5.41, 5.74) is 3.07. The lowest BCUT2D eigenvalue weighted by molar-refractivity contribution is -0.120. The van der Waals surface area contributed by atoms with Gasteiger partial charge in [0.15, 0.2) is 0 Å². The molecule has 0 radical (unpaired) electrons. The molecule has 2 aromatic carbocycles. The van der Waals surface area contributed by atoms with E-state index >= 15 is 0 Å². The van der Waals surface area contributed by atoms with Gasteiger partial charge in [0.1, 0.15) is 0 Å². The molecule has 1 aromatic heterocycles. The molecule has 0 bridgehead atoms. The molecule has 3 N–H and O–H groups in total. The van der Waals surface area contributed by atoms with Gasteiger partial charge in [-0.3, -0.25) is 4.79 Å². The standard InChI is InChI=1S/C23H25ClN2O3/c24-18-4-1-3-16(13-18)14-21(27)25-10-7-17-15-26-20-6-2-5-19(22(17)20)23(28)8-11-29-12-9-23/h1-6,13,15,26,28H,7-12,14H2,(H,25,27). The third-order valence-corrected chi connectivity index (χ3v) is 5.81. The topological polar surface area (TPSA) is 74.4 Å². The van der Waals surface area contributed by atoms with Gasteiger partial charge >= 0.3 is 0 Å². The van der Waals surface area contributed by atoms with Gasteiger partial charge in [-0.1, -0.05) is 35.9 Å². The van der Waals surface area contributed by atoms with E-state index in [-0.39, 0.29) is 5.91 Å². The van der Waals surface area contributed by atoms with Crippen LogP contribution >= 0.6 is 11.6 Å². The van der Waals surface area contributed by atoms with Crippen LogP contribution in [0.3, 0.4) is 0 Å². The zero-order chi connectivity index (χ0) is 20.3. The summed E-state index contributed by atoms with van der Waals surface area (Å²) in [6.45, 7) is 1.65. The highest BCUT2D eigenvalue weighted by Gasteiger charge is 2.33. The predicted octanol–water partition coefficient (Wildman–Crippen LogP) is 3.72. The van der Waals surface area contributed by atoms with Crippen molar-refractivity contribution >= 4 is 28.4 Å². The predicted molar refractivity (Wildman–Crippen MR) is 114 cm³/mol. The molecule has 0 saturated carbocycles. The lowest BCUT2D eigenvalue weighted by Gasteiger charge is -2.33. The lowest BCUT2D eigenvalue weighted by atomic mass is 9.83. The lowest BCUT2D eigenvalue weighted by Crippen LogP contribution is -2.33. The Bertz CT molecular complexity index is 1010. The van der Waals surface area contributed by atoms with Crippen LogP contribution in [-0.4, -0.2) is 35.8 Å². The third kappa shape index (κ3) is 4.47. The fraction of sp³-hybridized carbons (Fsp3) is 0.348. The average Bonchev–Trinajstić information content (AvgIpc) is 3.12. The van der Waals surface area contributed by atoms with Crippen molar-refractivity contribution in [3.63, 3.8) is 0 Å². The van der Waals surface area contributed by atoms with Crippen LogP contribution in [-0.2, 0) is 28.0 Å². The first kappa shape index (κ1) is 20.0. The molecule has 1 aliphatic rings. The first-order valence-corrected chi connectivity index (χ1v) is 10.3. The molecular formula is C23H25ClN2O3. The molecule has 4 rings (SSSR count). The number of carbonyl (C=O) groups excluding carboxylic acids is 1. The summed E-state index contributed by atoms with van der Waals surface area (Å²) < 4.78 is 5.43. The van der Waals surface area contributed by atoms with Gasteiger partial charge < -0.3 is 20.1 Å². The van der Waals surface area contributed by atoms with Crippen molar-refractivity contribution in [2.45, 2.75) is 31.3 Å². The molecule has 1 amide bonds. The van der Waals surface area contributed by atoms with Gasteiger partial charge in [0.25, 0.3) is 0 Å². The number of carbonyl (C=O) groups is 1. The number of amides is 1. The van der Waals surface area contributed by atoms with E-state index in [1.54, 1.807) is 6.07 Å². The number of hydrogen-bond acceptors (Lipinski definition) is 3. The van der Waals surface area contributed by atoms with Gasteiger partial charge in [0.05, 0.1) is 12.0 Å². The van der Waals surface area contributed by atoms with E-state index in [0.29, 0.717) is 50.5 Å². The molecule has 3 aromatic rings. The van der Waals surface area contributed by atoms with Gasteiger partial charge in [-0.05, 0) is 41.3 Å². The number of H-pyrrole nitrogens is 1. The number of hydrogen-bond donors (Lipinski definition) is 3. The Morgan fingerprint density at radius 1 is 1.21 bits per heavy atom. The highest BCUT2D eigenvalue weighted by molar-refractivity contribution is 6.30. The van der Waals surface area contributed by atoms with E-state index in [1.165, 1.54) is 0 Å². The smallest absolute Gasteiger partial charge is 0.224 e. The van der Waals surface area contributed by atoms with E-state index < -0.39 is 5.60 Å². The largest absolute Gasteiger partial charge is 0.385 e. The average molecular weight is 413 g/mol. The summed E-state index contributed by atoms with van der Waals surface area (Å²) in [5, 5.41) is 15.9. The van der Waals surface area contributed by atoms with Crippen molar-refractivity contribution in [3.05, 3.63) is 70.4 Å². The van der Waals surface area contributed by atoms with Gasteiger partial charge in [-0.2, -0.15) is 0 Å². The molecular weight excluding hydrogens is 388 g/mol. The maximum atomic E-state index is 12.3. The molecule has 152 valence electrons. The second kappa shape index (κ2) is 8.57. The summed E-state index contributed by atoms with van der Waals surface area (Å²) >= 11 is 5.98. The summed E-state index contributed by atoms with van der Waals surface area (Å²) in [7, 11) is 0. The van der Waals surface area contributed by atoms with Crippen molar-refractivity contribution in [3.8, 4) is 0 Å². The molecule has 29 heavy (non-hydrogen) atoms. The molecule has 5 nitrogen and oxygen atoms in total. The number of halogens is 1. The normalized spacial score (nSPS) is 16.1. The van der Waals surface area contributed by atoms with Crippen molar-refractivity contribution in [2.75, 3.05) is 19.8 Å². The molecule has 1 saturated heterocycles. The molecule has 0 atom stereocenters. The number of nitrogens with one attached hydrogen (secondary N) is 2. The van der Waals surface area contributed by atoms with Crippen LogP contribution in [0, 0.1) is 0 Å². The number of aromatic amines is 1. The highest BCUT2D eigenvalue weighted by atomic mass is 35.5. The van der Waals surface area contributed by atoms with Crippen LogP contribution in [0.25, 0.3) is 10.9 Å². The van der Waals surface area contributed by atoms with E-state index in [0.717, 1.165) is 27.6 Å². The Labute approximate surface area is 175 Å². The molecule has 1 aliphatic heterocycles. The minimum atomic E-state index is -0.871. The van der Waals surface area contributed by atoms with E-state index in [9.17, 15) is 9.90 Å². The Hall–Kier alpha value is -2.34. The van der Waals surface area contributed by atoms with Gasteiger partial charge in [-0.15, -0.1) is 0 Å². The van der Waals surface area contributed by atoms with E-state index in [4.69, 9.17) is 16.3 Å². The summed E-state index contributed by atoms with van der Waals surface area (Å²) in [6.07, 6.45) is 4.14. The highest BCUT2D eigenvalue weighted by Crippen LogP contribution is 2.37. The monoisotopic (exact) mass is 412 g/mol. The number of rotatable bonds is 6. The molecule has 6 heteroatoms. The van der Waals surface area contributed by atoms with Crippen molar-refractivity contribution in [2.24, 2.45) is 0 Å². The van der Waals surface area contributed by atoms with E-state index in [2.05, 4.69) is 10.3 Å². The van der Waals surface area contributed by atoms with Crippen molar-refractivity contribution < 1.29 is 14.6 Å². The van der Waals surface area contributed by atoms with Gasteiger partial charge in [0, 0.05) is 54.7 Å². The summed E-state index contributed by atoms with van der Waals surface area (Å²) in [4.78, 5) is 15.6. The zero-order valence-electron chi connectivity index (χ0n) is 16.2. The Morgan fingerprint density at radius 3 is 2.79 bits per heavy atom. The SMILES string of the molecule is O=C(Cc1cccc(Cl)c1)NCCc1c[nH]c2cccc(C3(O)CCOCC3)c12. The van der Waals surface area contributed by atoms with Crippen LogP contribution in [0.2, 0.25) is 5.02 Å². The molecule has 2 heterocycles. The fourth-order valence-electron chi connectivity index (χ4n) is 4.05.